The fourth-order valence-corrected chi connectivity index (χ4v) is 3.29. The van der Waals surface area contributed by atoms with Gasteiger partial charge in [-0.15, -0.1) is 0 Å². The summed E-state index contributed by atoms with van der Waals surface area (Å²) in [7, 11) is -1.56. The molecule has 0 unspecified atom stereocenters. The molecule has 17 heavy (non-hydrogen) atoms. The molecule has 0 atom stereocenters. The van der Waals surface area contributed by atoms with Crippen molar-refractivity contribution in [2.24, 2.45) is 11.7 Å². The summed E-state index contributed by atoms with van der Waals surface area (Å²) in [4.78, 5) is 0. The van der Waals surface area contributed by atoms with Crippen molar-refractivity contribution in [3.63, 3.8) is 0 Å². The minimum atomic E-state index is -3.17. The topological polar surface area (TPSA) is 63.4 Å². The maximum absolute atomic E-state index is 12.0. The van der Waals surface area contributed by atoms with Crippen LogP contribution in [-0.2, 0) is 16.6 Å². The third kappa shape index (κ3) is 2.98. The van der Waals surface area contributed by atoms with E-state index >= 15 is 0 Å². The lowest BCUT2D eigenvalue weighted by Gasteiger charge is -2.19. The van der Waals surface area contributed by atoms with Crippen LogP contribution in [0.3, 0.4) is 0 Å². The van der Waals surface area contributed by atoms with Crippen molar-refractivity contribution in [2.45, 2.75) is 19.4 Å². The first-order valence-corrected chi connectivity index (χ1v) is 7.39. The van der Waals surface area contributed by atoms with Crippen LogP contribution in [0.2, 0.25) is 0 Å². The normalized spacial score (nSPS) is 15.9. The van der Waals surface area contributed by atoms with Gasteiger partial charge in [-0.3, -0.25) is 4.31 Å². The number of sulfonamides is 1. The minimum absolute atomic E-state index is 0.266. The van der Waals surface area contributed by atoms with Gasteiger partial charge in [0.25, 0.3) is 0 Å². The molecule has 1 aliphatic rings. The van der Waals surface area contributed by atoms with Crippen LogP contribution >= 0.6 is 0 Å². The van der Waals surface area contributed by atoms with Crippen LogP contribution in [0.15, 0.2) is 24.3 Å². The first-order chi connectivity index (χ1) is 8.03. The highest BCUT2D eigenvalue weighted by atomic mass is 32.2. The average molecular weight is 254 g/mol. The molecule has 2 N–H and O–H groups in total. The Morgan fingerprint density at radius 1 is 1.29 bits per heavy atom. The van der Waals surface area contributed by atoms with Crippen molar-refractivity contribution in [2.75, 3.05) is 17.1 Å². The van der Waals surface area contributed by atoms with Crippen molar-refractivity contribution in [1.82, 2.24) is 0 Å². The van der Waals surface area contributed by atoms with Gasteiger partial charge in [-0.25, -0.2) is 8.42 Å². The quantitative estimate of drug-likeness (QED) is 0.862. The van der Waals surface area contributed by atoms with Crippen LogP contribution in [0.5, 0.6) is 0 Å². The Labute approximate surface area is 102 Å². The van der Waals surface area contributed by atoms with Gasteiger partial charge in [-0.2, -0.15) is 0 Å². The van der Waals surface area contributed by atoms with E-state index in [0.29, 0.717) is 18.2 Å². The Morgan fingerprint density at radius 2 is 1.88 bits per heavy atom. The van der Waals surface area contributed by atoms with E-state index in [-0.39, 0.29) is 5.75 Å². The fraction of sp³-hybridized carbons (Fsp3) is 0.500. The molecule has 0 radical (unpaired) electrons. The van der Waals surface area contributed by atoms with E-state index in [4.69, 9.17) is 5.73 Å². The molecule has 0 aliphatic heterocycles. The lowest BCUT2D eigenvalue weighted by Crippen LogP contribution is -2.29. The number of nitrogens with zero attached hydrogens (tertiary/aromatic N) is 1. The summed E-state index contributed by atoms with van der Waals surface area (Å²) in [6, 6.07) is 7.32. The van der Waals surface area contributed by atoms with E-state index in [9.17, 15) is 8.42 Å². The maximum Gasteiger partial charge on any atom is 0.235 e. The Balaban J connectivity index is 2.14. The summed E-state index contributed by atoms with van der Waals surface area (Å²) in [5, 5.41) is 0. The van der Waals surface area contributed by atoms with Crippen LogP contribution in [0.4, 0.5) is 5.69 Å². The van der Waals surface area contributed by atoms with Gasteiger partial charge in [-0.05, 0) is 36.5 Å². The summed E-state index contributed by atoms with van der Waals surface area (Å²) in [6.45, 7) is 0.471. The largest absolute Gasteiger partial charge is 0.326 e. The summed E-state index contributed by atoms with van der Waals surface area (Å²) < 4.78 is 25.4. The molecule has 2 rings (SSSR count). The lowest BCUT2D eigenvalue weighted by molar-refractivity contribution is 0.590. The highest BCUT2D eigenvalue weighted by Gasteiger charge is 2.30. The van der Waals surface area contributed by atoms with E-state index < -0.39 is 10.0 Å². The van der Waals surface area contributed by atoms with E-state index in [1.807, 2.05) is 12.1 Å². The first kappa shape index (κ1) is 12.4. The molecule has 0 heterocycles. The third-order valence-corrected chi connectivity index (χ3v) is 5.03. The van der Waals surface area contributed by atoms with E-state index in [2.05, 4.69) is 0 Å². The second-order valence-corrected chi connectivity index (χ2v) is 6.60. The molecule has 4 nitrogen and oxygen atoms in total. The number of hydrogen-bond acceptors (Lipinski definition) is 3. The number of nitrogens with two attached hydrogens (primary N) is 1. The Kier molecular flexibility index (Phi) is 3.40. The molecule has 1 fully saturated rings. The Hall–Kier alpha value is -1.07. The zero-order valence-corrected chi connectivity index (χ0v) is 10.8. The maximum atomic E-state index is 12.0. The number of rotatable bonds is 5. The molecule has 0 bridgehead atoms. The highest BCUT2D eigenvalue weighted by Crippen LogP contribution is 2.31. The number of anilines is 1. The van der Waals surface area contributed by atoms with Crippen molar-refractivity contribution >= 4 is 15.7 Å². The van der Waals surface area contributed by atoms with Crippen molar-refractivity contribution < 1.29 is 8.42 Å². The molecule has 1 saturated carbocycles. The minimum Gasteiger partial charge on any atom is -0.326 e. The molecule has 0 spiro atoms. The molecule has 0 saturated heterocycles. The van der Waals surface area contributed by atoms with Crippen LogP contribution < -0.4 is 10.0 Å². The predicted molar refractivity (Wildman–Crippen MR) is 69.2 cm³/mol. The van der Waals surface area contributed by atoms with Gasteiger partial charge in [0, 0.05) is 13.6 Å². The summed E-state index contributed by atoms with van der Waals surface area (Å²) >= 11 is 0. The highest BCUT2D eigenvalue weighted by molar-refractivity contribution is 7.92. The van der Waals surface area contributed by atoms with E-state index in [1.165, 1.54) is 4.31 Å². The Bertz CT molecular complexity index is 478. The molecular weight excluding hydrogens is 236 g/mol. The Morgan fingerprint density at radius 3 is 2.35 bits per heavy atom. The molecule has 0 aromatic heterocycles. The lowest BCUT2D eigenvalue weighted by atomic mass is 10.2. The van der Waals surface area contributed by atoms with Crippen LogP contribution in [-0.4, -0.2) is 21.2 Å². The molecule has 0 amide bonds. The predicted octanol–water partition coefficient (Wildman–Crippen LogP) is 1.32. The van der Waals surface area contributed by atoms with E-state index in [1.54, 1.807) is 19.2 Å². The first-order valence-electron chi connectivity index (χ1n) is 5.78. The van der Waals surface area contributed by atoms with Crippen LogP contribution in [0.25, 0.3) is 0 Å². The van der Waals surface area contributed by atoms with Gasteiger partial charge < -0.3 is 5.73 Å². The molecule has 1 aliphatic carbocycles. The number of benzene rings is 1. The van der Waals surface area contributed by atoms with E-state index in [0.717, 1.165) is 18.4 Å². The van der Waals surface area contributed by atoms with Gasteiger partial charge in [0.1, 0.15) is 0 Å². The summed E-state index contributed by atoms with van der Waals surface area (Å²) in [6.07, 6.45) is 2.08. The van der Waals surface area contributed by atoms with Crippen molar-refractivity contribution in [1.29, 1.82) is 0 Å². The SMILES string of the molecule is CN(c1ccc(CN)cc1)S(=O)(=O)CC1CC1. The van der Waals surface area contributed by atoms with Crippen molar-refractivity contribution in [3.8, 4) is 0 Å². The van der Waals surface area contributed by atoms with Crippen LogP contribution in [0, 0.1) is 5.92 Å². The fourth-order valence-electron chi connectivity index (χ4n) is 1.70. The van der Waals surface area contributed by atoms with Gasteiger partial charge >= 0.3 is 0 Å². The number of hydrogen-bond donors (Lipinski definition) is 1. The molecule has 1 aromatic carbocycles. The summed E-state index contributed by atoms with van der Waals surface area (Å²) in [5.74, 6) is 0.632. The standard InChI is InChI=1S/C12H18N2O2S/c1-14(17(15,16)9-11-2-3-11)12-6-4-10(8-13)5-7-12/h4-7,11H,2-3,8-9,13H2,1H3. The van der Waals surface area contributed by atoms with Crippen LogP contribution in [0.1, 0.15) is 18.4 Å². The molecular formula is C12H18N2O2S. The smallest absolute Gasteiger partial charge is 0.235 e. The molecule has 5 heteroatoms. The van der Waals surface area contributed by atoms with Gasteiger partial charge in [0.05, 0.1) is 11.4 Å². The van der Waals surface area contributed by atoms with Gasteiger partial charge in [-0.1, -0.05) is 12.1 Å². The zero-order chi connectivity index (χ0) is 12.5. The summed E-state index contributed by atoms with van der Waals surface area (Å²) in [5.41, 5.74) is 7.20. The van der Waals surface area contributed by atoms with Crippen molar-refractivity contribution in [3.05, 3.63) is 29.8 Å². The van der Waals surface area contributed by atoms with Gasteiger partial charge in [0.2, 0.25) is 10.0 Å². The van der Waals surface area contributed by atoms with Gasteiger partial charge in [0.15, 0.2) is 0 Å². The molecule has 1 aromatic rings. The third-order valence-electron chi connectivity index (χ3n) is 3.10. The monoisotopic (exact) mass is 254 g/mol. The zero-order valence-electron chi connectivity index (χ0n) is 9.96. The molecule has 94 valence electrons. The second kappa shape index (κ2) is 4.66. The second-order valence-electron chi connectivity index (χ2n) is 4.56. The average Bonchev–Trinajstić information content (AvgIpc) is 3.11.